The number of nitrogens with zero attached hydrogens (tertiary/aromatic N) is 2. The Morgan fingerprint density at radius 3 is 2.48 bits per heavy atom. The summed E-state index contributed by atoms with van der Waals surface area (Å²) in [5.74, 6) is -0.339. The molecule has 0 heterocycles. The average Bonchev–Trinajstić information content (AvgIpc) is 2.49. The van der Waals surface area contributed by atoms with Crippen LogP contribution in [0.4, 0.5) is 0 Å². The fraction of sp³-hybridized carbons (Fsp3) is 0.500. The molecule has 5 nitrogen and oxygen atoms in total. The Morgan fingerprint density at radius 2 is 2.00 bits per heavy atom. The molecule has 5 heteroatoms. The molecule has 0 saturated carbocycles. The van der Waals surface area contributed by atoms with Crippen LogP contribution in [0.5, 0.6) is 0 Å². The van der Waals surface area contributed by atoms with Gasteiger partial charge in [0.05, 0.1) is 25.6 Å². The highest BCUT2D eigenvalue weighted by Gasteiger charge is 2.36. The van der Waals surface area contributed by atoms with Crippen LogP contribution in [-0.2, 0) is 19.9 Å². The summed E-state index contributed by atoms with van der Waals surface area (Å²) < 4.78 is 0. The van der Waals surface area contributed by atoms with Crippen molar-refractivity contribution < 1.29 is 14.5 Å². The maximum atomic E-state index is 11.8. The molecule has 1 aromatic carbocycles. The third kappa shape index (κ3) is 4.28. The van der Waals surface area contributed by atoms with E-state index < -0.39 is 11.4 Å². The van der Waals surface area contributed by atoms with Crippen molar-refractivity contribution in [2.45, 2.75) is 32.1 Å². The van der Waals surface area contributed by atoms with Crippen LogP contribution in [0.2, 0.25) is 0 Å². The monoisotopic (exact) mass is 290 g/mol. The molecule has 0 amide bonds. The molecule has 0 radical (unpaired) electrons. The Bertz CT molecular complexity index is 496. The molecular formula is C16H22N2O3. The maximum Gasteiger partial charge on any atom is 0.328 e. The number of nitriles is 1. The zero-order valence-corrected chi connectivity index (χ0v) is 13.0. The van der Waals surface area contributed by atoms with Gasteiger partial charge in [0.15, 0.2) is 0 Å². The molecule has 0 aliphatic carbocycles. The second-order valence-electron chi connectivity index (χ2n) is 5.19. The van der Waals surface area contributed by atoms with Gasteiger partial charge < -0.3 is 4.84 Å². The summed E-state index contributed by atoms with van der Waals surface area (Å²) in [6, 6.07) is 12.0. The highest BCUT2D eigenvalue weighted by molar-refractivity contribution is 5.69. The van der Waals surface area contributed by atoms with E-state index in [-0.39, 0.29) is 12.3 Å². The zero-order valence-electron chi connectivity index (χ0n) is 13.0. The van der Waals surface area contributed by atoms with Crippen molar-refractivity contribution in [3.63, 3.8) is 0 Å². The first-order valence-electron chi connectivity index (χ1n) is 6.91. The minimum absolute atomic E-state index is 0.0813. The SMILES string of the molecule is CON(C)OC(=O)CCC(C#N)(c1ccccc1)C(C)C. The number of carbonyl (C=O) groups is 1. The van der Waals surface area contributed by atoms with E-state index in [0.29, 0.717) is 6.42 Å². The van der Waals surface area contributed by atoms with Gasteiger partial charge in [-0.3, -0.25) is 9.63 Å². The van der Waals surface area contributed by atoms with E-state index in [1.165, 1.54) is 14.2 Å². The predicted molar refractivity (Wildman–Crippen MR) is 78.7 cm³/mol. The molecular weight excluding hydrogens is 268 g/mol. The van der Waals surface area contributed by atoms with Crippen LogP contribution in [0.3, 0.4) is 0 Å². The van der Waals surface area contributed by atoms with Gasteiger partial charge in [0.1, 0.15) is 0 Å². The Kier molecular flexibility index (Phi) is 6.35. The molecule has 0 aliphatic rings. The van der Waals surface area contributed by atoms with E-state index in [1.54, 1.807) is 0 Å². The van der Waals surface area contributed by atoms with Gasteiger partial charge in [-0.1, -0.05) is 44.2 Å². The predicted octanol–water partition coefficient (Wildman–Crippen LogP) is 2.84. The minimum atomic E-state index is -0.702. The highest BCUT2D eigenvalue weighted by atomic mass is 17.0. The van der Waals surface area contributed by atoms with Crippen LogP contribution in [0.1, 0.15) is 32.3 Å². The first kappa shape index (κ1) is 17.2. The summed E-state index contributed by atoms with van der Waals surface area (Å²) in [4.78, 5) is 21.4. The van der Waals surface area contributed by atoms with Crippen LogP contribution in [0, 0.1) is 17.2 Å². The lowest BCUT2D eigenvalue weighted by Crippen LogP contribution is -2.32. The molecule has 0 saturated heterocycles. The third-order valence-electron chi connectivity index (χ3n) is 3.68. The van der Waals surface area contributed by atoms with Crippen molar-refractivity contribution in [1.82, 2.24) is 5.23 Å². The van der Waals surface area contributed by atoms with E-state index in [0.717, 1.165) is 10.8 Å². The van der Waals surface area contributed by atoms with E-state index in [1.807, 2.05) is 44.2 Å². The minimum Gasteiger partial charge on any atom is -0.343 e. The first-order chi connectivity index (χ1) is 9.96. The number of hydrogen-bond donors (Lipinski definition) is 0. The maximum absolute atomic E-state index is 11.8. The lowest BCUT2D eigenvalue weighted by atomic mass is 9.70. The van der Waals surface area contributed by atoms with Gasteiger partial charge in [-0.05, 0) is 23.1 Å². The second-order valence-corrected chi connectivity index (χ2v) is 5.19. The molecule has 0 fully saturated rings. The average molecular weight is 290 g/mol. The van der Waals surface area contributed by atoms with Gasteiger partial charge >= 0.3 is 5.97 Å². The molecule has 0 spiro atoms. The lowest BCUT2D eigenvalue weighted by molar-refractivity contribution is -0.318. The number of carbonyl (C=O) groups excluding carboxylic acids is 1. The fourth-order valence-electron chi connectivity index (χ4n) is 2.28. The molecule has 1 atom stereocenters. The summed E-state index contributed by atoms with van der Waals surface area (Å²) in [5.41, 5.74) is 0.224. The number of rotatable bonds is 7. The van der Waals surface area contributed by atoms with Gasteiger partial charge in [-0.2, -0.15) is 5.26 Å². The third-order valence-corrected chi connectivity index (χ3v) is 3.68. The summed E-state index contributed by atoms with van der Waals surface area (Å²) in [7, 11) is 2.90. The molecule has 0 N–H and O–H groups in total. The highest BCUT2D eigenvalue weighted by Crippen LogP contribution is 2.36. The van der Waals surface area contributed by atoms with Crippen molar-refractivity contribution in [2.75, 3.05) is 14.2 Å². The van der Waals surface area contributed by atoms with Crippen molar-refractivity contribution in [1.29, 1.82) is 5.26 Å². The van der Waals surface area contributed by atoms with E-state index in [2.05, 4.69) is 6.07 Å². The van der Waals surface area contributed by atoms with Gasteiger partial charge in [0.2, 0.25) is 0 Å². The van der Waals surface area contributed by atoms with E-state index >= 15 is 0 Å². The van der Waals surface area contributed by atoms with E-state index in [9.17, 15) is 10.1 Å². The fourth-order valence-corrected chi connectivity index (χ4v) is 2.28. The van der Waals surface area contributed by atoms with Crippen molar-refractivity contribution in [2.24, 2.45) is 5.92 Å². The lowest BCUT2D eigenvalue weighted by Gasteiger charge is -2.31. The van der Waals surface area contributed by atoms with Crippen LogP contribution in [0.25, 0.3) is 0 Å². The number of hydrogen-bond acceptors (Lipinski definition) is 5. The Labute approximate surface area is 126 Å². The Hall–Kier alpha value is -1.90. The number of benzene rings is 1. The van der Waals surface area contributed by atoms with Crippen molar-refractivity contribution in [3.8, 4) is 6.07 Å². The summed E-state index contributed by atoms with van der Waals surface area (Å²) >= 11 is 0. The molecule has 114 valence electrons. The van der Waals surface area contributed by atoms with Gasteiger partial charge in [-0.25, -0.2) is 0 Å². The standard InChI is InChI=1S/C16H22N2O3/c1-13(2)16(12-17,14-8-6-5-7-9-14)11-10-15(19)21-18(3)20-4/h5-9,13H,10-11H2,1-4H3. The van der Waals surface area contributed by atoms with Gasteiger partial charge in [0.25, 0.3) is 0 Å². The second kappa shape index (κ2) is 7.77. The Morgan fingerprint density at radius 1 is 1.38 bits per heavy atom. The van der Waals surface area contributed by atoms with Crippen LogP contribution >= 0.6 is 0 Å². The number of hydroxylamine groups is 2. The van der Waals surface area contributed by atoms with Gasteiger partial charge in [-0.15, -0.1) is 0 Å². The quantitative estimate of drug-likeness (QED) is 0.723. The largest absolute Gasteiger partial charge is 0.343 e. The molecule has 1 unspecified atom stereocenters. The molecule has 0 aliphatic heterocycles. The van der Waals surface area contributed by atoms with Crippen molar-refractivity contribution >= 4 is 5.97 Å². The smallest absolute Gasteiger partial charge is 0.328 e. The topological polar surface area (TPSA) is 62.6 Å². The van der Waals surface area contributed by atoms with E-state index in [4.69, 9.17) is 9.68 Å². The normalized spacial score (nSPS) is 13.8. The zero-order chi connectivity index (χ0) is 15.9. The molecule has 21 heavy (non-hydrogen) atoms. The van der Waals surface area contributed by atoms with Crippen LogP contribution in [-0.4, -0.2) is 25.4 Å². The van der Waals surface area contributed by atoms with Crippen LogP contribution in [0.15, 0.2) is 30.3 Å². The first-order valence-corrected chi connectivity index (χ1v) is 6.91. The van der Waals surface area contributed by atoms with Crippen LogP contribution < -0.4 is 0 Å². The Balaban J connectivity index is 2.86. The molecule has 0 bridgehead atoms. The molecule has 1 aromatic rings. The van der Waals surface area contributed by atoms with Gasteiger partial charge in [0, 0.05) is 6.42 Å². The molecule has 1 rings (SSSR count). The molecule has 0 aromatic heterocycles. The van der Waals surface area contributed by atoms with Crippen molar-refractivity contribution in [3.05, 3.63) is 35.9 Å². The summed E-state index contributed by atoms with van der Waals surface area (Å²) in [5, 5.41) is 10.7. The summed E-state index contributed by atoms with van der Waals surface area (Å²) in [6.07, 6.45) is 0.551. The summed E-state index contributed by atoms with van der Waals surface area (Å²) in [6.45, 7) is 3.98.